The predicted octanol–water partition coefficient (Wildman–Crippen LogP) is 2.00. The molecular formula is C10H16BrN3O. The average Bonchev–Trinajstić information content (AvgIpc) is 2.17. The zero-order valence-electron chi connectivity index (χ0n) is 8.92. The van der Waals surface area contributed by atoms with Crippen molar-refractivity contribution in [1.29, 1.82) is 0 Å². The Labute approximate surface area is 98.0 Å². The van der Waals surface area contributed by atoms with Crippen LogP contribution in [0.2, 0.25) is 0 Å². The number of halogens is 1. The molecule has 1 aromatic rings. The Balaban J connectivity index is 2.73. The molecule has 1 rings (SSSR count). The third-order valence-electron chi connectivity index (χ3n) is 2.34. The summed E-state index contributed by atoms with van der Waals surface area (Å²) in [5, 5.41) is 12.9. The summed E-state index contributed by atoms with van der Waals surface area (Å²) in [6.45, 7) is 4.17. The van der Waals surface area contributed by atoms with Gasteiger partial charge in [-0.3, -0.25) is 4.98 Å². The molecule has 15 heavy (non-hydrogen) atoms. The van der Waals surface area contributed by atoms with Crippen LogP contribution in [0.3, 0.4) is 0 Å². The van der Waals surface area contributed by atoms with Crippen LogP contribution in [0, 0.1) is 0 Å². The van der Waals surface area contributed by atoms with E-state index in [0.717, 1.165) is 10.2 Å². The number of pyridine rings is 1. The van der Waals surface area contributed by atoms with Crippen molar-refractivity contribution in [3.63, 3.8) is 0 Å². The van der Waals surface area contributed by atoms with Crippen molar-refractivity contribution in [3.05, 3.63) is 16.9 Å². The molecule has 1 heterocycles. The summed E-state index contributed by atoms with van der Waals surface area (Å²) in [7, 11) is 0. The van der Waals surface area contributed by atoms with E-state index in [9.17, 15) is 5.11 Å². The molecule has 0 aliphatic rings. The maximum atomic E-state index is 9.83. The van der Waals surface area contributed by atoms with E-state index in [4.69, 9.17) is 5.73 Å². The van der Waals surface area contributed by atoms with E-state index < -0.39 is 5.60 Å². The van der Waals surface area contributed by atoms with E-state index in [1.807, 2.05) is 6.92 Å². The van der Waals surface area contributed by atoms with E-state index >= 15 is 0 Å². The van der Waals surface area contributed by atoms with Gasteiger partial charge in [-0.05, 0) is 29.3 Å². The number of nitrogens with two attached hydrogens (primary N) is 1. The molecule has 0 aliphatic heterocycles. The minimum absolute atomic E-state index is 0.455. The quantitative estimate of drug-likeness (QED) is 0.785. The number of hydrogen-bond acceptors (Lipinski definition) is 4. The van der Waals surface area contributed by atoms with Crippen LogP contribution in [0.1, 0.15) is 20.3 Å². The van der Waals surface area contributed by atoms with Crippen LogP contribution in [-0.4, -0.2) is 22.2 Å². The molecule has 0 amide bonds. The summed E-state index contributed by atoms with van der Waals surface area (Å²) in [5.74, 6) is 0. The topological polar surface area (TPSA) is 71.2 Å². The van der Waals surface area contributed by atoms with E-state index in [1.165, 1.54) is 0 Å². The van der Waals surface area contributed by atoms with Crippen LogP contribution in [-0.2, 0) is 0 Å². The van der Waals surface area contributed by atoms with Gasteiger partial charge in [0.2, 0.25) is 0 Å². The van der Waals surface area contributed by atoms with Crippen LogP contribution < -0.4 is 11.1 Å². The van der Waals surface area contributed by atoms with E-state index in [0.29, 0.717) is 18.7 Å². The van der Waals surface area contributed by atoms with Crippen LogP contribution in [0.25, 0.3) is 0 Å². The zero-order valence-corrected chi connectivity index (χ0v) is 10.5. The lowest BCUT2D eigenvalue weighted by Gasteiger charge is -2.23. The maximum absolute atomic E-state index is 9.83. The Morgan fingerprint density at radius 3 is 2.80 bits per heavy atom. The van der Waals surface area contributed by atoms with Gasteiger partial charge in [-0.2, -0.15) is 0 Å². The van der Waals surface area contributed by atoms with Gasteiger partial charge in [0.25, 0.3) is 0 Å². The maximum Gasteiger partial charge on any atom is 0.0788 e. The van der Waals surface area contributed by atoms with Crippen molar-refractivity contribution in [2.45, 2.75) is 25.9 Å². The van der Waals surface area contributed by atoms with Gasteiger partial charge in [0.1, 0.15) is 0 Å². The minimum atomic E-state index is -0.727. The lowest BCUT2D eigenvalue weighted by molar-refractivity contribution is 0.0697. The second-order valence-corrected chi connectivity index (χ2v) is 4.64. The number of nitrogen functional groups attached to an aromatic ring is 1. The summed E-state index contributed by atoms with van der Waals surface area (Å²) in [6.07, 6.45) is 3.93. The highest BCUT2D eigenvalue weighted by Gasteiger charge is 2.18. The average molecular weight is 274 g/mol. The Bertz CT molecular complexity index is 321. The molecule has 1 unspecified atom stereocenters. The van der Waals surface area contributed by atoms with Gasteiger partial charge < -0.3 is 16.2 Å². The third-order valence-corrected chi connectivity index (χ3v) is 2.94. The van der Waals surface area contributed by atoms with Crippen molar-refractivity contribution in [1.82, 2.24) is 4.98 Å². The largest absolute Gasteiger partial charge is 0.396 e. The molecule has 0 radical (unpaired) electrons. The highest BCUT2D eigenvalue weighted by Crippen LogP contribution is 2.27. The van der Waals surface area contributed by atoms with Crippen molar-refractivity contribution in [2.24, 2.45) is 0 Å². The van der Waals surface area contributed by atoms with Crippen LogP contribution in [0.4, 0.5) is 11.4 Å². The fourth-order valence-corrected chi connectivity index (χ4v) is 1.53. The molecule has 0 spiro atoms. The van der Waals surface area contributed by atoms with Gasteiger partial charge in [0, 0.05) is 12.7 Å². The van der Waals surface area contributed by atoms with Crippen LogP contribution >= 0.6 is 15.9 Å². The van der Waals surface area contributed by atoms with Crippen molar-refractivity contribution in [3.8, 4) is 0 Å². The molecule has 4 nitrogen and oxygen atoms in total. The molecule has 4 N–H and O–H groups in total. The predicted molar refractivity (Wildman–Crippen MR) is 65.8 cm³/mol. The molecule has 0 fully saturated rings. The molecule has 0 aliphatic carbocycles. The molecule has 0 saturated carbocycles. The minimum Gasteiger partial charge on any atom is -0.396 e. The van der Waals surface area contributed by atoms with Crippen molar-refractivity contribution in [2.75, 3.05) is 17.6 Å². The summed E-state index contributed by atoms with van der Waals surface area (Å²) in [4.78, 5) is 3.93. The van der Waals surface area contributed by atoms with Gasteiger partial charge in [-0.15, -0.1) is 0 Å². The molecule has 0 bridgehead atoms. The van der Waals surface area contributed by atoms with Gasteiger partial charge in [0.15, 0.2) is 0 Å². The zero-order chi connectivity index (χ0) is 11.5. The third kappa shape index (κ3) is 3.35. The number of aromatic nitrogens is 1. The van der Waals surface area contributed by atoms with Crippen LogP contribution in [0.5, 0.6) is 0 Å². The highest BCUT2D eigenvalue weighted by molar-refractivity contribution is 9.10. The first kappa shape index (κ1) is 12.3. The van der Waals surface area contributed by atoms with Crippen molar-refractivity contribution >= 4 is 27.3 Å². The summed E-state index contributed by atoms with van der Waals surface area (Å²) in [5.41, 5.74) is 6.37. The normalized spacial score (nSPS) is 14.7. The smallest absolute Gasteiger partial charge is 0.0788 e. The van der Waals surface area contributed by atoms with E-state index in [1.54, 1.807) is 19.3 Å². The first-order valence-electron chi connectivity index (χ1n) is 4.81. The molecule has 0 saturated heterocycles. The van der Waals surface area contributed by atoms with Gasteiger partial charge >= 0.3 is 0 Å². The van der Waals surface area contributed by atoms with E-state index in [2.05, 4.69) is 26.2 Å². The molecule has 84 valence electrons. The lowest BCUT2D eigenvalue weighted by atomic mass is 10.0. The van der Waals surface area contributed by atoms with Gasteiger partial charge in [-0.25, -0.2) is 0 Å². The number of aliphatic hydroxyl groups is 1. The molecule has 1 aromatic heterocycles. The Kier molecular flexibility index (Phi) is 3.93. The van der Waals surface area contributed by atoms with Crippen molar-refractivity contribution < 1.29 is 5.11 Å². The summed E-state index contributed by atoms with van der Waals surface area (Å²) < 4.78 is 0.800. The van der Waals surface area contributed by atoms with Crippen LogP contribution in [0.15, 0.2) is 16.9 Å². The van der Waals surface area contributed by atoms with Gasteiger partial charge in [-0.1, -0.05) is 6.92 Å². The molecule has 5 heteroatoms. The lowest BCUT2D eigenvalue weighted by Crippen LogP contribution is -2.32. The summed E-state index contributed by atoms with van der Waals surface area (Å²) >= 11 is 3.35. The fourth-order valence-electron chi connectivity index (χ4n) is 1.04. The second-order valence-electron chi connectivity index (χ2n) is 3.79. The highest BCUT2D eigenvalue weighted by atomic mass is 79.9. The van der Waals surface area contributed by atoms with Gasteiger partial charge in [0.05, 0.1) is 27.6 Å². The number of nitrogens with one attached hydrogen (secondary N) is 1. The number of hydrogen-bond donors (Lipinski definition) is 3. The molecular weight excluding hydrogens is 258 g/mol. The first-order valence-corrected chi connectivity index (χ1v) is 5.61. The Morgan fingerprint density at radius 2 is 2.27 bits per heavy atom. The Hall–Kier alpha value is -0.810. The summed E-state index contributed by atoms with van der Waals surface area (Å²) in [6, 6.07) is 0. The first-order chi connectivity index (χ1) is 6.96. The fraction of sp³-hybridized carbons (Fsp3) is 0.500. The second kappa shape index (κ2) is 4.81. The SMILES string of the molecule is CCC(C)(O)CNc1c(N)cncc1Br. The standard InChI is InChI=1S/C10H16BrN3O/c1-3-10(2,15)6-14-9-7(11)4-13-5-8(9)12/h4-5,15H,3,6,12H2,1-2H3,(H,13,14). The van der Waals surface area contributed by atoms with E-state index in [-0.39, 0.29) is 0 Å². The molecule has 1 atom stereocenters. The number of rotatable bonds is 4. The molecule has 0 aromatic carbocycles. The number of nitrogens with zero attached hydrogens (tertiary/aromatic N) is 1. The Morgan fingerprint density at radius 1 is 1.60 bits per heavy atom. The number of anilines is 2. The monoisotopic (exact) mass is 273 g/mol.